The highest BCUT2D eigenvalue weighted by Crippen LogP contribution is 2.24. The fourth-order valence-corrected chi connectivity index (χ4v) is 4.31. The first kappa shape index (κ1) is 21.6. The van der Waals surface area contributed by atoms with Crippen molar-refractivity contribution in [3.63, 3.8) is 0 Å². The van der Waals surface area contributed by atoms with Gasteiger partial charge >= 0.3 is 0 Å². The predicted octanol–water partition coefficient (Wildman–Crippen LogP) is 4.43. The number of aromatic nitrogens is 2. The number of benzene rings is 2. The average Bonchev–Trinajstić information content (AvgIpc) is 3.30. The second-order valence-corrected chi connectivity index (χ2v) is 8.82. The molecule has 6 nitrogen and oxygen atoms in total. The smallest absolute Gasteiger partial charge is 0.253 e. The highest BCUT2D eigenvalue weighted by Gasteiger charge is 2.28. The molecule has 1 fully saturated rings. The molecule has 0 aliphatic carbocycles. The summed E-state index contributed by atoms with van der Waals surface area (Å²) in [7, 11) is 0. The van der Waals surface area contributed by atoms with Crippen LogP contribution >= 0.6 is 11.8 Å². The van der Waals surface area contributed by atoms with Crippen molar-refractivity contribution in [3.05, 3.63) is 71.1 Å². The predicted molar refractivity (Wildman–Crippen MR) is 124 cm³/mol. The zero-order chi connectivity index (χ0) is 21.8. The van der Waals surface area contributed by atoms with Gasteiger partial charge in [0, 0.05) is 43.1 Å². The summed E-state index contributed by atoms with van der Waals surface area (Å²) in [4.78, 5) is 21.7. The number of carbonyl (C=O) groups excluding carboxylic acids is 1. The quantitative estimate of drug-likeness (QED) is 0.570. The van der Waals surface area contributed by atoms with E-state index in [0.717, 1.165) is 30.0 Å². The summed E-state index contributed by atoms with van der Waals surface area (Å²) in [6, 6.07) is 16.1. The maximum absolute atomic E-state index is 12.9. The maximum atomic E-state index is 12.9. The van der Waals surface area contributed by atoms with Crippen molar-refractivity contribution in [3.8, 4) is 11.4 Å². The number of hydrogen-bond acceptors (Lipinski definition) is 6. The summed E-state index contributed by atoms with van der Waals surface area (Å²) in [6.07, 6.45) is 2.08. The van der Waals surface area contributed by atoms with Crippen LogP contribution in [-0.4, -0.2) is 58.3 Å². The van der Waals surface area contributed by atoms with E-state index in [-0.39, 0.29) is 11.9 Å². The Morgan fingerprint density at radius 2 is 1.74 bits per heavy atom. The van der Waals surface area contributed by atoms with Gasteiger partial charge in [-0.3, -0.25) is 9.69 Å². The lowest BCUT2D eigenvalue weighted by atomic mass is 10.1. The minimum Gasteiger partial charge on any atom is -0.337 e. The molecule has 4 rings (SSSR count). The van der Waals surface area contributed by atoms with Gasteiger partial charge in [0.25, 0.3) is 5.91 Å². The normalized spacial score (nSPS) is 15.8. The number of thioether (sulfide) groups is 1. The highest BCUT2D eigenvalue weighted by molar-refractivity contribution is 7.97. The summed E-state index contributed by atoms with van der Waals surface area (Å²) in [5.41, 5.74) is 4.15. The second kappa shape index (κ2) is 9.66. The third-order valence-electron chi connectivity index (χ3n) is 5.77. The van der Waals surface area contributed by atoms with E-state index >= 15 is 0 Å². The van der Waals surface area contributed by atoms with Crippen LogP contribution in [0.1, 0.15) is 40.3 Å². The lowest BCUT2D eigenvalue weighted by Gasteiger charge is -2.36. The largest absolute Gasteiger partial charge is 0.337 e. The molecule has 0 saturated carbocycles. The molecule has 1 saturated heterocycles. The topological polar surface area (TPSA) is 62.5 Å². The lowest BCUT2D eigenvalue weighted by Crippen LogP contribution is -2.49. The number of rotatable bonds is 6. The Morgan fingerprint density at radius 3 is 2.39 bits per heavy atom. The number of carbonyl (C=O) groups is 1. The van der Waals surface area contributed by atoms with Gasteiger partial charge in [-0.1, -0.05) is 47.1 Å². The van der Waals surface area contributed by atoms with E-state index in [9.17, 15) is 4.79 Å². The van der Waals surface area contributed by atoms with Crippen LogP contribution in [-0.2, 0) is 5.75 Å². The summed E-state index contributed by atoms with van der Waals surface area (Å²) in [6.45, 7) is 7.07. The molecule has 1 amide bonds. The van der Waals surface area contributed by atoms with Crippen LogP contribution in [0.25, 0.3) is 11.4 Å². The fraction of sp³-hybridized carbons (Fsp3) is 0.375. The van der Waals surface area contributed by atoms with Gasteiger partial charge in [0.05, 0.1) is 6.04 Å². The van der Waals surface area contributed by atoms with Crippen LogP contribution in [0.5, 0.6) is 0 Å². The van der Waals surface area contributed by atoms with Gasteiger partial charge in [-0.2, -0.15) is 16.7 Å². The van der Waals surface area contributed by atoms with E-state index < -0.39 is 0 Å². The van der Waals surface area contributed by atoms with Crippen LogP contribution in [0.3, 0.4) is 0 Å². The maximum Gasteiger partial charge on any atom is 0.253 e. The van der Waals surface area contributed by atoms with Crippen molar-refractivity contribution in [2.24, 2.45) is 0 Å². The summed E-state index contributed by atoms with van der Waals surface area (Å²) >= 11 is 1.78. The van der Waals surface area contributed by atoms with Crippen molar-refractivity contribution < 1.29 is 9.32 Å². The Kier molecular flexibility index (Phi) is 6.73. The highest BCUT2D eigenvalue weighted by atomic mass is 32.2. The fourth-order valence-electron chi connectivity index (χ4n) is 3.79. The van der Waals surface area contributed by atoms with Gasteiger partial charge in [-0.15, -0.1) is 0 Å². The van der Waals surface area contributed by atoms with E-state index in [1.165, 1.54) is 11.1 Å². The monoisotopic (exact) mass is 436 g/mol. The molecule has 2 aromatic carbocycles. The number of amides is 1. The molecule has 0 bridgehead atoms. The Bertz CT molecular complexity index is 1010. The van der Waals surface area contributed by atoms with E-state index in [0.29, 0.717) is 24.8 Å². The van der Waals surface area contributed by atoms with Gasteiger partial charge in [0.15, 0.2) is 0 Å². The van der Waals surface area contributed by atoms with Crippen molar-refractivity contribution in [1.82, 2.24) is 19.9 Å². The summed E-state index contributed by atoms with van der Waals surface area (Å²) in [5.74, 6) is 2.29. The van der Waals surface area contributed by atoms with Crippen LogP contribution in [0.2, 0.25) is 0 Å². The molecule has 0 N–H and O–H groups in total. The van der Waals surface area contributed by atoms with Gasteiger partial charge < -0.3 is 9.42 Å². The number of aryl methyl sites for hydroxylation is 1. The van der Waals surface area contributed by atoms with Crippen LogP contribution in [0.15, 0.2) is 53.1 Å². The van der Waals surface area contributed by atoms with E-state index in [1.54, 1.807) is 11.8 Å². The molecule has 0 radical (unpaired) electrons. The van der Waals surface area contributed by atoms with Crippen molar-refractivity contribution in [1.29, 1.82) is 0 Å². The molecule has 1 aliphatic rings. The molecule has 31 heavy (non-hydrogen) atoms. The zero-order valence-corrected chi connectivity index (χ0v) is 19.1. The van der Waals surface area contributed by atoms with Gasteiger partial charge in [-0.05, 0) is 37.8 Å². The molecule has 2 heterocycles. The van der Waals surface area contributed by atoms with Gasteiger partial charge in [0.2, 0.25) is 11.7 Å². The van der Waals surface area contributed by atoms with Crippen LogP contribution < -0.4 is 0 Å². The lowest BCUT2D eigenvalue weighted by molar-refractivity contribution is 0.0551. The second-order valence-electron chi connectivity index (χ2n) is 7.96. The molecule has 7 heteroatoms. The first-order valence-electron chi connectivity index (χ1n) is 10.6. The molecular weight excluding hydrogens is 408 g/mol. The molecule has 1 atom stereocenters. The van der Waals surface area contributed by atoms with Crippen LogP contribution in [0.4, 0.5) is 0 Å². The van der Waals surface area contributed by atoms with E-state index in [2.05, 4.69) is 35.1 Å². The minimum absolute atomic E-state index is 0.00905. The SMILES string of the molecule is CSCc1ccc(C(=O)N2CCN(C(C)c3nc(-c4ccc(C)cc4)no3)CC2)cc1. The molecular formula is C24H28N4O2S. The van der Waals surface area contributed by atoms with Crippen molar-refractivity contribution in [2.75, 3.05) is 32.4 Å². The standard InChI is InChI=1S/C24H28N4O2S/c1-17-4-8-20(9-5-17)22-25-23(30-26-22)18(2)27-12-14-28(15-13-27)24(29)21-10-6-19(7-11-21)16-31-3/h4-11,18H,12-16H2,1-3H3. The summed E-state index contributed by atoms with van der Waals surface area (Å²) in [5, 5.41) is 4.16. The minimum atomic E-state index is 0.00905. The number of piperazine rings is 1. The van der Waals surface area contributed by atoms with Crippen molar-refractivity contribution >= 4 is 17.7 Å². The first-order valence-corrected chi connectivity index (χ1v) is 12.0. The molecule has 162 valence electrons. The van der Waals surface area contributed by atoms with Crippen molar-refractivity contribution in [2.45, 2.75) is 25.6 Å². The Balaban J connectivity index is 1.35. The number of nitrogens with zero attached hydrogens (tertiary/aromatic N) is 4. The zero-order valence-electron chi connectivity index (χ0n) is 18.2. The Morgan fingerprint density at radius 1 is 1.06 bits per heavy atom. The van der Waals surface area contributed by atoms with E-state index in [4.69, 9.17) is 4.52 Å². The molecule has 3 aromatic rings. The van der Waals surface area contributed by atoms with Crippen LogP contribution in [0, 0.1) is 6.92 Å². The molecule has 0 spiro atoms. The summed E-state index contributed by atoms with van der Waals surface area (Å²) < 4.78 is 5.55. The molecule has 1 unspecified atom stereocenters. The van der Waals surface area contributed by atoms with E-state index in [1.807, 2.05) is 53.4 Å². The Labute approximate surface area is 187 Å². The average molecular weight is 437 g/mol. The Hall–Kier alpha value is -2.64. The molecule has 1 aliphatic heterocycles. The third kappa shape index (κ3) is 4.99. The van der Waals surface area contributed by atoms with Gasteiger partial charge in [0.1, 0.15) is 0 Å². The van der Waals surface area contributed by atoms with Gasteiger partial charge in [-0.25, -0.2) is 0 Å². The molecule has 1 aromatic heterocycles. The third-order valence-corrected chi connectivity index (χ3v) is 6.39. The number of hydrogen-bond donors (Lipinski definition) is 0. The first-order chi connectivity index (χ1) is 15.0.